The second-order valence-electron chi connectivity index (χ2n) is 3.41. The number of hydrogen-bond donors (Lipinski definition) is 2. The van der Waals surface area contributed by atoms with Crippen LogP contribution in [0.1, 0.15) is 5.56 Å². The average molecular weight is 235 g/mol. The fourth-order valence-corrected chi connectivity index (χ4v) is 1.48. The van der Waals surface area contributed by atoms with Gasteiger partial charge in [0.25, 0.3) is 0 Å². The van der Waals surface area contributed by atoms with E-state index in [0.717, 1.165) is 11.3 Å². The van der Waals surface area contributed by atoms with Gasteiger partial charge in [-0.05, 0) is 30.7 Å². The number of aromatic nitrogens is 2. The number of benzene rings is 1. The smallest absolute Gasteiger partial charge is 0.221 e. The molecule has 1 aromatic heterocycles. The highest BCUT2D eigenvalue weighted by Crippen LogP contribution is 2.25. The second-order valence-corrected chi connectivity index (χ2v) is 3.82. The van der Waals surface area contributed by atoms with Gasteiger partial charge in [0.05, 0.1) is 10.7 Å². The summed E-state index contributed by atoms with van der Waals surface area (Å²) in [6.45, 7) is 2.00. The first-order chi connectivity index (χ1) is 7.65. The Morgan fingerprint density at radius 1 is 1.31 bits per heavy atom. The lowest BCUT2D eigenvalue weighted by atomic mass is 10.2. The summed E-state index contributed by atoms with van der Waals surface area (Å²) in [4.78, 5) is 7.85. The molecule has 1 aromatic carbocycles. The number of nitrogens with zero attached hydrogens (tertiary/aromatic N) is 2. The number of halogens is 1. The standard InChI is InChI=1S/C11H11ClN4/c1-7-2-3-8(12)9(6-7)15-10-4-5-14-11(13)16-10/h2-6H,1H3,(H3,13,14,15,16). The highest BCUT2D eigenvalue weighted by Gasteiger charge is 2.02. The van der Waals surface area contributed by atoms with Crippen LogP contribution in [0.15, 0.2) is 30.5 Å². The Kier molecular flexibility index (Phi) is 2.92. The summed E-state index contributed by atoms with van der Waals surface area (Å²) in [5, 5.41) is 3.73. The quantitative estimate of drug-likeness (QED) is 0.839. The summed E-state index contributed by atoms with van der Waals surface area (Å²) < 4.78 is 0. The minimum atomic E-state index is 0.230. The minimum absolute atomic E-state index is 0.230. The van der Waals surface area contributed by atoms with Gasteiger partial charge in [-0.3, -0.25) is 0 Å². The van der Waals surface area contributed by atoms with Crippen molar-refractivity contribution in [3.05, 3.63) is 41.0 Å². The van der Waals surface area contributed by atoms with Gasteiger partial charge in [-0.25, -0.2) is 4.98 Å². The number of nitrogens with one attached hydrogen (secondary N) is 1. The van der Waals surface area contributed by atoms with Gasteiger partial charge >= 0.3 is 0 Å². The highest BCUT2D eigenvalue weighted by molar-refractivity contribution is 6.33. The molecule has 2 aromatic rings. The molecule has 0 atom stereocenters. The second kappa shape index (κ2) is 4.37. The first-order valence-electron chi connectivity index (χ1n) is 4.77. The number of rotatable bonds is 2. The summed E-state index contributed by atoms with van der Waals surface area (Å²) in [5.41, 5.74) is 7.41. The van der Waals surface area contributed by atoms with Crippen molar-refractivity contribution in [3.63, 3.8) is 0 Å². The molecule has 0 fully saturated rings. The molecule has 0 radical (unpaired) electrons. The van der Waals surface area contributed by atoms with Crippen molar-refractivity contribution in [1.29, 1.82) is 0 Å². The van der Waals surface area contributed by atoms with Crippen LogP contribution < -0.4 is 11.1 Å². The summed E-state index contributed by atoms with van der Waals surface area (Å²) in [5.74, 6) is 0.855. The molecule has 0 aliphatic heterocycles. The van der Waals surface area contributed by atoms with Crippen LogP contribution >= 0.6 is 11.6 Å². The molecule has 2 rings (SSSR count). The molecule has 5 heteroatoms. The molecule has 1 heterocycles. The maximum atomic E-state index is 6.05. The molecule has 0 amide bonds. The van der Waals surface area contributed by atoms with Crippen molar-refractivity contribution in [2.45, 2.75) is 6.92 Å². The maximum Gasteiger partial charge on any atom is 0.221 e. The van der Waals surface area contributed by atoms with Gasteiger partial charge in [-0.1, -0.05) is 17.7 Å². The third-order valence-electron chi connectivity index (χ3n) is 2.06. The van der Waals surface area contributed by atoms with E-state index in [1.165, 1.54) is 0 Å². The zero-order chi connectivity index (χ0) is 11.5. The van der Waals surface area contributed by atoms with E-state index in [1.54, 1.807) is 12.3 Å². The molecule has 0 bridgehead atoms. The van der Waals surface area contributed by atoms with Crippen LogP contribution in [-0.2, 0) is 0 Å². The summed E-state index contributed by atoms with van der Waals surface area (Å²) >= 11 is 6.05. The molecule has 0 saturated heterocycles. The Balaban J connectivity index is 2.30. The topological polar surface area (TPSA) is 63.8 Å². The minimum Gasteiger partial charge on any atom is -0.368 e. The Labute approximate surface area is 98.5 Å². The fraction of sp³-hybridized carbons (Fsp3) is 0.0909. The molecule has 82 valence electrons. The highest BCUT2D eigenvalue weighted by atomic mass is 35.5. The van der Waals surface area contributed by atoms with Gasteiger partial charge in [0, 0.05) is 6.20 Å². The zero-order valence-corrected chi connectivity index (χ0v) is 9.49. The van der Waals surface area contributed by atoms with Crippen molar-refractivity contribution in [2.24, 2.45) is 0 Å². The van der Waals surface area contributed by atoms with Gasteiger partial charge in [-0.2, -0.15) is 4.98 Å². The third kappa shape index (κ3) is 2.41. The first-order valence-corrected chi connectivity index (χ1v) is 5.14. The van der Waals surface area contributed by atoms with Crippen LogP contribution in [-0.4, -0.2) is 9.97 Å². The first kappa shape index (κ1) is 10.7. The summed E-state index contributed by atoms with van der Waals surface area (Å²) in [6, 6.07) is 7.46. The Bertz CT molecular complexity index is 513. The summed E-state index contributed by atoms with van der Waals surface area (Å²) in [7, 11) is 0. The summed E-state index contributed by atoms with van der Waals surface area (Å²) in [6.07, 6.45) is 1.59. The largest absolute Gasteiger partial charge is 0.368 e. The van der Waals surface area contributed by atoms with Crippen molar-refractivity contribution < 1.29 is 0 Å². The van der Waals surface area contributed by atoms with E-state index in [4.69, 9.17) is 17.3 Å². The van der Waals surface area contributed by atoms with Crippen LogP contribution in [0.4, 0.5) is 17.5 Å². The maximum absolute atomic E-state index is 6.05. The normalized spacial score (nSPS) is 10.1. The molecule has 0 saturated carbocycles. The van der Waals surface area contributed by atoms with Crippen LogP contribution in [0.5, 0.6) is 0 Å². The predicted octanol–water partition coefficient (Wildman–Crippen LogP) is 2.76. The number of nitrogens with two attached hydrogens (primary N) is 1. The lowest BCUT2D eigenvalue weighted by Gasteiger charge is -2.08. The van der Waals surface area contributed by atoms with E-state index in [-0.39, 0.29) is 5.95 Å². The monoisotopic (exact) mass is 234 g/mol. The van der Waals surface area contributed by atoms with E-state index in [0.29, 0.717) is 10.8 Å². The van der Waals surface area contributed by atoms with E-state index < -0.39 is 0 Å². The Morgan fingerprint density at radius 2 is 2.12 bits per heavy atom. The number of nitrogen functional groups attached to an aromatic ring is 1. The SMILES string of the molecule is Cc1ccc(Cl)c(Nc2ccnc(N)n2)c1. The van der Waals surface area contributed by atoms with Gasteiger partial charge in [0.1, 0.15) is 5.82 Å². The van der Waals surface area contributed by atoms with Crippen molar-refractivity contribution in [1.82, 2.24) is 9.97 Å². The molecule has 3 N–H and O–H groups in total. The van der Waals surface area contributed by atoms with Crippen molar-refractivity contribution in [3.8, 4) is 0 Å². The Hall–Kier alpha value is -1.81. The van der Waals surface area contributed by atoms with Crippen LogP contribution in [0.3, 0.4) is 0 Å². The zero-order valence-electron chi connectivity index (χ0n) is 8.74. The molecular weight excluding hydrogens is 224 g/mol. The van der Waals surface area contributed by atoms with Crippen molar-refractivity contribution in [2.75, 3.05) is 11.1 Å². The number of anilines is 3. The number of hydrogen-bond acceptors (Lipinski definition) is 4. The van der Waals surface area contributed by atoms with Gasteiger partial charge in [0.15, 0.2) is 0 Å². The van der Waals surface area contributed by atoms with Crippen LogP contribution in [0.2, 0.25) is 5.02 Å². The molecule has 4 nitrogen and oxygen atoms in total. The molecule has 0 aliphatic rings. The fourth-order valence-electron chi connectivity index (χ4n) is 1.32. The molecule has 0 aliphatic carbocycles. The van der Waals surface area contributed by atoms with E-state index in [9.17, 15) is 0 Å². The van der Waals surface area contributed by atoms with E-state index in [1.807, 2.05) is 25.1 Å². The predicted molar refractivity (Wildman–Crippen MR) is 65.9 cm³/mol. The third-order valence-corrected chi connectivity index (χ3v) is 2.39. The molecule has 0 spiro atoms. The lowest BCUT2D eigenvalue weighted by molar-refractivity contribution is 1.18. The van der Waals surface area contributed by atoms with E-state index in [2.05, 4.69) is 15.3 Å². The van der Waals surface area contributed by atoms with Crippen LogP contribution in [0, 0.1) is 6.92 Å². The van der Waals surface area contributed by atoms with Gasteiger partial charge in [0.2, 0.25) is 5.95 Å². The molecule has 0 unspecified atom stereocenters. The average Bonchev–Trinajstić information content (AvgIpc) is 2.24. The van der Waals surface area contributed by atoms with Gasteiger partial charge in [-0.15, -0.1) is 0 Å². The van der Waals surface area contributed by atoms with Crippen LogP contribution in [0.25, 0.3) is 0 Å². The lowest BCUT2D eigenvalue weighted by Crippen LogP contribution is -1.99. The molecule has 16 heavy (non-hydrogen) atoms. The van der Waals surface area contributed by atoms with E-state index >= 15 is 0 Å². The van der Waals surface area contributed by atoms with Gasteiger partial charge < -0.3 is 11.1 Å². The Morgan fingerprint density at radius 3 is 2.88 bits per heavy atom. The van der Waals surface area contributed by atoms with Crippen molar-refractivity contribution >= 4 is 29.1 Å². The number of aryl methyl sites for hydroxylation is 1. The molecular formula is C11H11ClN4.